The van der Waals surface area contributed by atoms with Crippen LogP contribution in [0.15, 0.2) is 0 Å². The normalized spacial score (nSPS) is 19.8. The number of hydrogen-bond donors (Lipinski definition) is 1. The summed E-state index contributed by atoms with van der Waals surface area (Å²) < 4.78 is 0. The number of rotatable bonds is 4. The molecule has 1 unspecified atom stereocenters. The molecule has 1 aliphatic rings. The highest BCUT2D eigenvalue weighted by Gasteiger charge is 2.23. The minimum absolute atomic E-state index is 0.313. The fourth-order valence-electron chi connectivity index (χ4n) is 2.05. The van der Waals surface area contributed by atoms with Crippen molar-refractivity contribution >= 4 is 5.91 Å². The molecule has 3 heteroatoms. The van der Waals surface area contributed by atoms with E-state index in [9.17, 15) is 4.79 Å². The van der Waals surface area contributed by atoms with Crippen LogP contribution in [0.1, 0.15) is 40.0 Å². The second kappa shape index (κ2) is 6.24. The summed E-state index contributed by atoms with van der Waals surface area (Å²) in [5.41, 5.74) is 0. The van der Waals surface area contributed by atoms with Crippen molar-refractivity contribution in [2.75, 3.05) is 20.1 Å². The topological polar surface area (TPSA) is 32.3 Å². The minimum Gasteiger partial charge on any atom is -0.343 e. The van der Waals surface area contributed by atoms with Crippen LogP contribution in [0.4, 0.5) is 0 Å². The van der Waals surface area contributed by atoms with E-state index in [0.717, 1.165) is 25.9 Å². The summed E-state index contributed by atoms with van der Waals surface area (Å²) in [5, 5.41) is 3.33. The number of hydrogen-bond acceptors (Lipinski definition) is 2. The number of carbonyl (C=O) groups is 1. The van der Waals surface area contributed by atoms with Gasteiger partial charge in [0, 0.05) is 19.5 Å². The Morgan fingerprint density at radius 2 is 1.88 bits per heavy atom. The zero-order chi connectivity index (χ0) is 12.1. The van der Waals surface area contributed by atoms with Crippen molar-refractivity contribution in [3.05, 3.63) is 0 Å². The lowest BCUT2D eigenvalue weighted by Gasteiger charge is -2.32. The maximum atomic E-state index is 12.1. The van der Waals surface area contributed by atoms with Gasteiger partial charge in [0.1, 0.15) is 0 Å². The molecule has 0 spiro atoms. The lowest BCUT2D eigenvalue weighted by molar-refractivity contribution is -0.133. The predicted molar refractivity (Wildman–Crippen MR) is 67.3 cm³/mol. The van der Waals surface area contributed by atoms with Crippen molar-refractivity contribution in [3.8, 4) is 0 Å². The molecule has 0 aromatic rings. The van der Waals surface area contributed by atoms with Gasteiger partial charge in [-0.1, -0.05) is 20.8 Å². The summed E-state index contributed by atoms with van der Waals surface area (Å²) in [6.07, 6.45) is 2.88. The smallest absolute Gasteiger partial charge is 0.222 e. The van der Waals surface area contributed by atoms with E-state index in [1.807, 2.05) is 11.9 Å². The minimum atomic E-state index is 0.313. The van der Waals surface area contributed by atoms with Crippen LogP contribution in [0.25, 0.3) is 0 Å². The Balaban J connectivity index is 2.40. The first kappa shape index (κ1) is 13.5. The third-order valence-corrected chi connectivity index (χ3v) is 3.88. The molecule has 0 radical (unpaired) electrons. The molecule has 0 aromatic heterocycles. The fourth-order valence-corrected chi connectivity index (χ4v) is 2.05. The van der Waals surface area contributed by atoms with E-state index in [2.05, 4.69) is 26.1 Å². The maximum absolute atomic E-state index is 12.1. The quantitative estimate of drug-likeness (QED) is 0.794. The van der Waals surface area contributed by atoms with Gasteiger partial charge in [-0.05, 0) is 37.8 Å². The summed E-state index contributed by atoms with van der Waals surface area (Å²) >= 11 is 0. The van der Waals surface area contributed by atoms with Crippen LogP contribution in [-0.2, 0) is 4.79 Å². The SMILES string of the molecule is CC(C)C(C)CC(=O)N(C)C1CCNCC1. The van der Waals surface area contributed by atoms with Crippen LogP contribution in [0.3, 0.4) is 0 Å². The largest absolute Gasteiger partial charge is 0.343 e. The molecule has 1 rings (SSSR count). The highest BCUT2D eigenvalue weighted by atomic mass is 16.2. The van der Waals surface area contributed by atoms with Crippen molar-refractivity contribution in [1.29, 1.82) is 0 Å². The van der Waals surface area contributed by atoms with Crippen LogP contribution in [0, 0.1) is 11.8 Å². The second-order valence-electron chi connectivity index (χ2n) is 5.41. The molecule has 16 heavy (non-hydrogen) atoms. The van der Waals surface area contributed by atoms with Gasteiger partial charge in [-0.3, -0.25) is 4.79 Å². The van der Waals surface area contributed by atoms with Gasteiger partial charge < -0.3 is 10.2 Å². The third kappa shape index (κ3) is 3.78. The van der Waals surface area contributed by atoms with Gasteiger partial charge >= 0.3 is 0 Å². The molecular weight excluding hydrogens is 200 g/mol. The molecule has 0 saturated carbocycles. The summed E-state index contributed by atoms with van der Waals surface area (Å²) in [5.74, 6) is 1.38. The van der Waals surface area contributed by atoms with Gasteiger partial charge in [0.25, 0.3) is 0 Å². The molecule has 1 heterocycles. The zero-order valence-electron chi connectivity index (χ0n) is 11.1. The average Bonchev–Trinajstić information content (AvgIpc) is 2.28. The van der Waals surface area contributed by atoms with E-state index in [1.54, 1.807) is 0 Å². The van der Waals surface area contributed by atoms with Gasteiger partial charge in [-0.25, -0.2) is 0 Å². The summed E-state index contributed by atoms with van der Waals surface area (Å²) in [7, 11) is 1.96. The maximum Gasteiger partial charge on any atom is 0.222 e. The Hall–Kier alpha value is -0.570. The second-order valence-corrected chi connectivity index (χ2v) is 5.41. The number of carbonyl (C=O) groups excluding carboxylic acids is 1. The average molecular weight is 226 g/mol. The summed E-state index contributed by atoms with van der Waals surface area (Å²) in [6, 6.07) is 0.452. The van der Waals surface area contributed by atoms with E-state index in [0.29, 0.717) is 30.2 Å². The van der Waals surface area contributed by atoms with Crippen LogP contribution in [0.5, 0.6) is 0 Å². The van der Waals surface area contributed by atoms with Crippen LogP contribution in [-0.4, -0.2) is 37.0 Å². The predicted octanol–water partition coefficient (Wildman–Crippen LogP) is 1.88. The molecule has 1 amide bonds. The first-order valence-corrected chi connectivity index (χ1v) is 6.48. The van der Waals surface area contributed by atoms with Gasteiger partial charge in [0.15, 0.2) is 0 Å². The lowest BCUT2D eigenvalue weighted by atomic mass is 9.93. The zero-order valence-corrected chi connectivity index (χ0v) is 11.1. The van der Waals surface area contributed by atoms with Crippen LogP contribution < -0.4 is 5.32 Å². The summed E-state index contributed by atoms with van der Waals surface area (Å²) in [6.45, 7) is 8.62. The number of amides is 1. The van der Waals surface area contributed by atoms with E-state index < -0.39 is 0 Å². The molecule has 0 aliphatic carbocycles. The van der Waals surface area contributed by atoms with Gasteiger partial charge in [-0.15, -0.1) is 0 Å². The highest BCUT2D eigenvalue weighted by molar-refractivity contribution is 5.76. The first-order chi connectivity index (χ1) is 7.52. The van der Waals surface area contributed by atoms with E-state index in [4.69, 9.17) is 0 Å². The lowest BCUT2D eigenvalue weighted by Crippen LogP contribution is -2.44. The molecule has 1 N–H and O–H groups in total. The van der Waals surface area contributed by atoms with Crippen molar-refractivity contribution in [1.82, 2.24) is 10.2 Å². The molecule has 0 aromatic carbocycles. The molecule has 1 fully saturated rings. The van der Waals surface area contributed by atoms with E-state index in [-0.39, 0.29) is 0 Å². The molecule has 1 aliphatic heterocycles. The van der Waals surface area contributed by atoms with Gasteiger partial charge in [0.2, 0.25) is 5.91 Å². The van der Waals surface area contributed by atoms with E-state index >= 15 is 0 Å². The Morgan fingerprint density at radius 1 is 1.31 bits per heavy atom. The van der Waals surface area contributed by atoms with Crippen molar-refractivity contribution < 1.29 is 4.79 Å². The molecule has 1 atom stereocenters. The molecule has 94 valence electrons. The Morgan fingerprint density at radius 3 is 2.38 bits per heavy atom. The van der Waals surface area contributed by atoms with Crippen molar-refractivity contribution in [3.63, 3.8) is 0 Å². The standard InChI is InChI=1S/C13H26N2O/c1-10(2)11(3)9-13(16)15(4)12-5-7-14-8-6-12/h10-12,14H,5-9H2,1-4H3. The number of piperidine rings is 1. The Bertz CT molecular complexity index is 222. The first-order valence-electron chi connectivity index (χ1n) is 6.48. The molecule has 1 saturated heterocycles. The fraction of sp³-hybridized carbons (Fsp3) is 0.923. The van der Waals surface area contributed by atoms with Crippen LogP contribution >= 0.6 is 0 Å². The number of nitrogens with zero attached hydrogens (tertiary/aromatic N) is 1. The van der Waals surface area contributed by atoms with Crippen LogP contribution in [0.2, 0.25) is 0 Å². The monoisotopic (exact) mass is 226 g/mol. The van der Waals surface area contributed by atoms with Gasteiger partial charge in [0.05, 0.1) is 0 Å². The third-order valence-electron chi connectivity index (χ3n) is 3.88. The molecule has 0 bridgehead atoms. The molecular formula is C13H26N2O. The van der Waals surface area contributed by atoms with E-state index in [1.165, 1.54) is 0 Å². The molecule has 3 nitrogen and oxygen atoms in total. The highest BCUT2D eigenvalue weighted by Crippen LogP contribution is 2.17. The van der Waals surface area contributed by atoms with Gasteiger partial charge in [-0.2, -0.15) is 0 Å². The summed E-state index contributed by atoms with van der Waals surface area (Å²) in [4.78, 5) is 14.0. The Labute approximate surface area is 99.6 Å². The Kier molecular flexibility index (Phi) is 5.26. The van der Waals surface area contributed by atoms with Crippen molar-refractivity contribution in [2.24, 2.45) is 11.8 Å². The number of nitrogens with one attached hydrogen (secondary N) is 1. The van der Waals surface area contributed by atoms with Crippen molar-refractivity contribution in [2.45, 2.75) is 46.1 Å².